The summed E-state index contributed by atoms with van der Waals surface area (Å²) in [5.41, 5.74) is 1.34. The van der Waals surface area contributed by atoms with Crippen LogP contribution in [0.4, 0.5) is 4.39 Å². The molecule has 0 saturated carbocycles. The Kier molecular flexibility index (Phi) is 5.43. The lowest BCUT2D eigenvalue weighted by atomic mass is 10.2. The smallest absolute Gasteiger partial charge is 0.251 e. The molecule has 26 heavy (non-hydrogen) atoms. The summed E-state index contributed by atoms with van der Waals surface area (Å²) >= 11 is 0. The molecule has 3 rings (SSSR count). The number of benzene rings is 2. The number of pyridine rings is 1. The summed E-state index contributed by atoms with van der Waals surface area (Å²) in [4.78, 5) is 25.7. The average molecular weight is 352 g/mol. The van der Waals surface area contributed by atoms with Gasteiger partial charge in [0.1, 0.15) is 18.2 Å². The largest absolute Gasteiger partial charge is 0.489 e. The van der Waals surface area contributed by atoms with Crippen molar-refractivity contribution in [2.24, 2.45) is 0 Å². The van der Waals surface area contributed by atoms with Crippen LogP contribution in [0.3, 0.4) is 0 Å². The fourth-order valence-corrected chi connectivity index (χ4v) is 2.35. The third-order valence-corrected chi connectivity index (χ3v) is 3.77. The molecule has 2 N–H and O–H groups in total. The lowest BCUT2D eigenvalue weighted by Gasteiger charge is -2.09. The number of hydrogen-bond acceptors (Lipinski definition) is 3. The first kappa shape index (κ1) is 17.4. The number of carbonyl (C=O) groups excluding carboxylic acids is 1. The number of H-pyrrole nitrogens is 1. The summed E-state index contributed by atoms with van der Waals surface area (Å²) in [5, 5.41) is 2.75. The van der Waals surface area contributed by atoms with Gasteiger partial charge in [-0.2, -0.15) is 0 Å². The van der Waals surface area contributed by atoms with E-state index in [0.29, 0.717) is 23.4 Å². The first-order valence-electron chi connectivity index (χ1n) is 8.04. The summed E-state index contributed by atoms with van der Waals surface area (Å²) in [6, 6.07) is 16.4. The van der Waals surface area contributed by atoms with E-state index in [1.54, 1.807) is 30.3 Å². The van der Waals surface area contributed by atoms with Crippen LogP contribution in [0.5, 0.6) is 5.75 Å². The minimum absolute atomic E-state index is 0.144. The Morgan fingerprint density at radius 2 is 1.85 bits per heavy atom. The maximum atomic E-state index is 13.6. The number of hydrogen-bond donors (Lipinski definition) is 2. The highest BCUT2D eigenvalue weighted by Gasteiger charge is 2.06. The van der Waals surface area contributed by atoms with Crippen molar-refractivity contribution in [3.05, 3.63) is 99.7 Å². The van der Waals surface area contributed by atoms with Gasteiger partial charge in [0.2, 0.25) is 5.56 Å². The lowest BCUT2D eigenvalue weighted by molar-refractivity contribution is 0.0950. The van der Waals surface area contributed by atoms with Gasteiger partial charge in [0.05, 0.1) is 0 Å². The molecule has 0 unspecified atom stereocenters. The van der Waals surface area contributed by atoms with Crippen molar-refractivity contribution in [1.29, 1.82) is 0 Å². The monoisotopic (exact) mass is 352 g/mol. The Hall–Kier alpha value is -3.41. The highest BCUT2D eigenvalue weighted by molar-refractivity contribution is 5.93. The van der Waals surface area contributed by atoms with Crippen LogP contribution in [0.2, 0.25) is 0 Å². The second-order valence-electron chi connectivity index (χ2n) is 5.65. The number of aromatic amines is 1. The zero-order valence-corrected chi connectivity index (χ0v) is 13.9. The van der Waals surface area contributed by atoms with Crippen molar-refractivity contribution < 1.29 is 13.9 Å². The van der Waals surface area contributed by atoms with E-state index < -0.39 is 0 Å². The molecule has 1 heterocycles. The molecule has 1 aromatic heterocycles. The van der Waals surface area contributed by atoms with Crippen LogP contribution >= 0.6 is 0 Å². The van der Waals surface area contributed by atoms with Gasteiger partial charge < -0.3 is 15.0 Å². The second-order valence-corrected chi connectivity index (χ2v) is 5.65. The average Bonchev–Trinajstić information content (AvgIpc) is 2.66. The van der Waals surface area contributed by atoms with Crippen molar-refractivity contribution in [3.8, 4) is 5.75 Å². The number of nitrogens with one attached hydrogen (secondary N) is 2. The van der Waals surface area contributed by atoms with E-state index in [1.807, 2.05) is 12.1 Å². The van der Waals surface area contributed by atoms with Crippen LogP contribution in [0.25, 0.3) is 0 Å². The van der Waals surface area contributed by atoms with E-state index in [1.165, 1.54) is 24.4 Å². The predicted octanol–water partition coefficient (Wildman–Crippen LogP) is 3.02. The molecule has 0 aliphatic heterocycles. The molecule has 0 fully saturated rings. The maximum Gasteiger partial charge on any atom is 0.251 e. The SMILES string of the molecule is O=C(NCc1ccc(OCc2ccccc2F)cc1)c1cc[nH]c(=O)c1. The number of rotatable bonds is 6. The molecule has 2 aromatic carbocycles. The van der Waals surface area contributed by atoms with E-state index in [4.69, 9.17) is 4.74 Å². The molecule has 132 valence electrons. The molecule has 0 radical (unpaired) electrons. The summed E-state index contributed by atoms with van der Waals surface area (Å²) in [6.45, 7) is 0.463. The molecule has 0 atom stereocenters. The molecular formula is C20H17FN2O3. The second kappa shape index (κ2) is 8.11. The van der Waals surface area contributed by atoms with Crippen molar-refractivity contribution in [2.75, 3.05) is 0 Å². The van der Waals surface area contributed by atoms with Crippen molar-refractivity contribution in [3.63, 3.8) is 0 Å². The third kappa shape index (κ3) is 4.57. The van der Waals surface area contributed by atoms with Gasteiger partial charge in [-0.1, -0.05) is 30.3 Å². The minimum Gasteiger partial charge on any atom is -0.489 e. The zero-order valence-electron chi connectivity index (χ0n) is 13.9. The fourth-order valence-electron chi connectivity index (χ4n) is 2.35. The zero-order chi connectivity index (χ0) is 18.4. The topological polar surface area (TPSA) is 71.2 Å². The molecule has 0 aliphatic carbocycles. The summed E-state index contributed by atoms with van der Waals surface area (Å²) in [6.07, 6.45) is 1.43. The van der Waals surface area contributed by atoms with Crippen molar-refractivity contribution >= 4 is 5.91 Å². The molecule has 0 saturated heterocycles. The van der Waals surface area contributed by atoms with Gasteiger partial charge >= 0.3 is 0 Å². The molecule has 0 aliphatic rings. The van der Waals surface area contributed by atoms with Gasteiger partial charge in [0.25, 0.3) is 5.91 Å². The molecule has 6 heteroatoms. The Labute approximate surface area is 149 Å². The van der Waals surface area contributed by atoms with Gasteiger partial charge in [0, 0.05) is 29.9 Å². The van der Waals surface area contributed by atoms with Crippen LogP contribution in [-0.4, -0.2) is 10.9 Å². The Bertz CT molecular complexity index is 952. The summed E-state index contributed by atoms with van der Waals surface area (Å²) in [5.74, 6) is -0.0134. The predicted molar refractivity (Wildman–Crippen MR) is 95.4 cm³/mol. The van der Waals surface area contributed by atoms with E-state index in [-0.39, 0.29) is 23.9 Å². The quantitative estimate of drug-likeness (QED) is 0.716. The highest BCUT2D eigenvalue weighted by Crippen LogP contribution is 2.15. The first-order valence-corrected chi connectivity index (χ1v) is 8.04. The molecule has 0 bridgehead atoms. The fraction of sp³-hybridized carbons (Fsp3) is 0.100. The molecule has 5 nitrogen and oxygen atoms in total. The van der Waals surface area contributed by atoms with Crippen LogP contribution in [-0.2, 0) is 13.2 Å². The van der Waals surface area contributed by atoms with Crippen LogP contribution in [0.1, 0.15) is 21.5 Å². The molecule has 3 aromatic rings. The number of aromatic nitrogens is 1. The first-order chi connectivity index (χ1) is 12.6. The van der Waals surface area contributed by atoms with E-state index in [2.05, 4.69) is 10.3 Å². The van der Waals surface area contributed by atoms with E-state index in [9.17, 15) is 14.0 Å². The number of amides is 1. The molecular weight excluding hydrogens is 335 g/mol. The standard InChI is InChI=1S/C20H17FN2O3/c21-18-4-2-1-3-16(18)13-26-17-7-5-14(6-8-17)12-23-20(25)15-9-10-22-19(24)11-15/h1-11H,12-13H2,(H,22,24)(H,23,25). The Morgan fingerprint density at radius 3 is 2.58 bits per heavy atom. The van der Waals surface area contributed by atoms with Crippen molar-refractivity contribution in [1.82, 2.24) is 10.3 Å². The third-order valence-electron chi connectivity index (χ3n) is 3.77. The Morgan fingerprint density at radius 1 is 1.08 bits per heavy atom. The van der Waals surface area contributed by atoms with Gasteiger partial charge in [0.15, 0.2) is 0 Å². The van der Waals surface area contributed by atoms with Crippen LogP contribution < -0.4 is 15.6 Å². The van der Waals surface area contributed by atoms with E-state index >= 15 is 0 Å². The van der Waals surface area contributed by atoms with Gasteiger partial charge in [-0.05, 0) is 29.8 Å². The molecule has 0 spiro atoms. The van der Waals surface area contributed by atoms with Crippen LogP contribution in [0.15, 0.2) is 71.7 Å². The lowest BCUT2D eigenvalue weighted by Crippen LogP contribution is -2.24. The number of halogens is 1. The van der Waals surface area contributed by atoms with Crippen molar-refractivity contribution in [2.45, 2.75) is 13.2 Å². The number of carbonyl (C=O) groups is 1. The highest BCUT2D eigenvalue weighted by atomic mass is 19.1. The van der Waals surface area contributed by atoms with Gasteiger partial charge in [-0.3, -0.25) is 9.59 Å². The molecule has 1 amide bonds. The van der Waals surface area contributed by atoms with Crippen LogP contribution in [0, 0.1) is 5.82 Å². The van der Waals surface area contributed by atoms with Gasteiger partial charge in [-0.15, -0.1) is 0 Å². The maximum absolute atomic E-state index is 13.6. The normalized spacial score (nSPS) is 10.3. The van der Waals surface area contributed by atoms with E-state index in [0.717, 1.165) is 5.56 Å². The van der Waals surface area contributed by atoms with Gasteiger partial charge in [-0.25, -0.2) is 4.39 Å². The number of ether oxygens (including phenoxy) is 1. The minimum atomic E-state index is -0.325. The summed E-state index contributed by atoms with van der Waals surface area (Å²) in [7, 11) is 0. The summed E-state index contributed by atoms with van der Waals surface area (Å²) < 4.78 is 19.1. The Balaban J connectivity index is 1.54.